The molecule has 2 rings (SSSR count). The van der Waals surface area contributed by atoms with Crippen molar-refractivity contribution in [1.82, 2.24) is 15.1 Å². The number of hydrogen-bond donors (Lipinski definition) is 1. The van der Waals surface area contributed by atoms with E-state index < -0.39 is 0 Å². The fraction of sp³-hybridized carbons (Fsp3) is 0.400. The van der Waals surface area contributed by atoms with E-state index in [2.05, 4.69) is 37.3 Å². The summed E-state index contributed by atoms with van der Waals surface area (Å²) in [6.07, 6.45) is 1.92. The predicted octanol–water partition coefficient (Wildman–Crippen LogP) is 2.61. The summed E-state index contributed by atoms with van der Waals surface area (Å²) in [5.41, 5.74) is 4.54. The van der Waals surface area contributed by atoms with E-state index >= 15 is 0 Å². The molecule has 0 aliphatic rings. The molecule has 4 heteroatoms. The van der Waals surface area contributed by atoms with Gasteiger partial charge in [0.2, 0.25) is 0 Å². The second kappa shape index (κ2) is 5.89. The molecule has 0 radical (unpaired) electrons. The zero-order chi connectivity index (χ0) is 13.8. The van der Waals surface area contributed by atoms with Gasteiger partial charge in [0.05, 0.1) is 13.3 Å². The van der Waals surface area contributed by atoms with Crippen LogP contribution in [0.4, 0.5) is 0 Å². The van der Waals surface area contributed by atoms with Gasteiger partial charge >= 0.3 is 0 Å². The van der Waals surface area contributed by atoms with Gasteiger partial charge < -0.3 is 10.1 Å². The molecule has 1 aromatic heterocycles. The van der Waals surface area contributed by atoms with Gasteiger partial charge in [0.15, 0.2) is 0 Å². The maximum atomic E-state index is 5.42. The van der Waals surface area contributed by atoms with Crippen LogP contribution in [0.25, 0.3) is 5.69 Å². The van der Waals surface area contributed by atoms with E-state index in [0.29, 0.717) is 0 Å². The molecule has 1 heterocycles. The summed E-state index contributed by atoms with van der Waals surface area (Å²) in [6, 6.07) is 6.12. The summed E-state index contributed by atoms with van der Waals surface area (Å²) in [5, 5.41) is 7.81. The van der Waals surface area contributed by atoms with Crippen LogP contribution in [0.2, 0.25) is 0 Å². The normalized spacial score (nSPS) is 10.7. The molecular formula is C15H21N3O. The van der Waals surface area contributed by atoms with E-state index in [-0.39, 0.29) is 0 Å². The SMILES string of the molecule is CCNCc1cnn(-c2cc(C)ccc2OC)c1C. The van der Waals surface area contributed by atoms with Crippen molar-refractivity contribution in [3.63, 3.8) is 0 Å². The molecular weight excluding hydrogens is 238 g/mol. The maximum Gasteiger partial charge on any atom is 0.144 e. The zero-order valence-corrected chi connectivity index (χ0v) is 12.0. The van der Waals surface area contributed by atoms with Crippen molar-refractivity contribution < 1.29 is 4.74 Å². The molecule has 0 amide bonds. The third-order valence-corrected chi connectivity index (χ3v) is 3.24. The van der Waals surface area contributed by atoms with Crippen molar-refractivity contribution in [2.75, 3.05) is 13.7 Å². The first-order chi connectivity index (χ1) is 9.17. The van der Waals surface area contributed by atoms with Gasteiger partial charge in [-0.1, -0.05) is 13.0 Å². The zero-order valence-electron chi connectivity index (χ0n) is 12.0. The van der Waals surface area contributed by atoms with Crippen LogP contribution in [0.15, 0.2) is 24.4 Å². The molecule has 4 nitrogen and oxygen atoms in total. The number of ether oxygens (including phenoxy) is 1. The molecule has 0 atom stereocenters. The van der Waals surface area contributed by atoms with Crippen LogP contribution < -0.4 is 10.1 Å². The number of hydrogen-bond acceptors (Lipinski definition) is 3. The highest BCUT2D eigenvalue weighted by molar-refractivity contribution is 5.49. The number of methoxy groups -OCH3 is 1. The van der Waals surface area contributed by atoms with Crippen LogP contribution in [0.1, 0.15) is 23.7 Å². The molecule has 0 saturated carbocycles. The van der Waals surface area contributed by atoms with Crippen LogP contribution in [-0.4, -0.2) is 23.4 Å². The van der Waals surface area contributed by atoms with Crippen molar-refractivity contribution in [3.8, 4) is 11.4 Å². The fourth-order valence-electron chi connectivity index (χ4n) is 2.09. The molecule has 2 aromatic rings. The Morgan fingerprint density at radius 2 is 2.11 bits per heavy atom. The summed E-state index contributed by atoms with van der Waals surface area (Å²) in [7, 11) is 1.69. The molecule has 0 aliphatic heterocycles. The Bertz CT molecular complexity index is 561. The molecule has 19 heavy (non-hydrogen) atoms. The Hall–Kier alpha value is -1.81. The molecule has 0 unspecified atom stereocenters. The van der Waals surface area contributed by atoms with Crippen molar-refractivity contribution in [2.24, 2.45) is 0 Å². The summed E-state index contributed by atoms with van der Waals surface area (Å²) in [4.78, 5) is 0. The smallest absolute Gasteiger partial charge is 0.144 e. The minimum atomic E-state index is 0.840. The van der Waals surface area contributed by atoms with E-state index in [1.807, 2.05) is 23.0 Å². The van der Waals surface area contributed by atoms with E-state index in [4.69, 9.17) is 4.74 Å². The standard InChI is InChI=1S/C15H21N3O/c1-5-16-9-13-10-17-18(12(13)3)14-8-11(2)6-7-15(14)19-4/h6-8,10,16H,5,9H2,1-4H3. The maximum absolute atomic E-state index is 5.42. The Kier molecular flexibility index (Phi) is 4.22. The minimum absolute atomic E-state index is 0.840. The number of aromatic nitrogens is 2. The van der Waals surface area contributed by atoms with Gasteiger partial charge in [-0.2, -0.15) is 5.10 Å². The summed E-state index contributed by atoms with van der Waals surface area (Å²) < 4.78 is 7.37. The molecule has 1 N–H and O–H groups in total. The van der Waals surface area contributed by atoms with Crippen molar-refractivity contribution in [1.29, 1.82) is 0 Å². The first kappa shape index (κ1) is 13.6. The Labute approximate surface area is 114 Å². The molecule has 1 aromatic carbocycles. The lowest BCUT2D eigenvalue weighted by molar-refractivity contribution is 0.411. The number of benzene rings is 1. The topological polar surface area (TPSA) is 39.1 Å². The van der Waals surface area contributed by atoms with Crippen LogP contribution in [0, 0.1) is 13.8 Å². The molecule has 0 fully saturated rings. The van der Waals surface area contributed by atoms with Gasteiger partial charge in [0.25, 0.3) is 0 Å². The molecule has 0 saturated heterocycles. The minimum Gasteiger partial charge on any atom is -0.494 e. The number of aryl methyl sites for hydroxylation is 1. The van der Waals surface area contributed by atoms with Gasteiger partial charge in [0, 0.05) is 17.8 Å². The molecule has 102 valence electrons. The van der Waals surface area contributed by atoms with E-state index in [1.165, 1.54) is 11.1 Å². The number of nitrogens with one attached hydrogen (secondary N) is 1. The third-order valence-electron chi connectivity index (χ3n) is 3.24. The predicted molar refractivity (Wildman–Crippen MR) is 77.0 cm³/mol. The number of rotatable bonds is 5. The average Bonchev–Trinajstić information content (AvgIpc) is 2.77. The highest BCUT2D eigenvalue weighted by atomic mass is 16.5. The Morgan fingerprint density at radius 3 is 2.79 bits per heavy atom. The lowest BCUT2D eigenvalue weighted by Gasteiger charge is -2.11. The highest BCUT2D eigenvalue weighted by Gasteiger charge is 2.11. The quantitative estimate of drug-likeness (QED) is 0.897. The lowest BCUT2D eigenvalue weighted by atomic mass is 10.2. The summed E-state index contributed by atoms with van der Waals surface area (Å²) >= 11 is 0. The molecule has 0 bridgehead atoms. The largest absolute Gasteiger partial charge is 0.494 e. The third kappa shape index (κ3) is 2.79. The van der Waals surface area contributed by atoms with Gasteiger partial charge in [-0.15, -0.1) is 0 Å². The highest BCUT2D eigenvalue weighted by Crippen LogP contribution is 2.25. The van der Waals surface area contributed by atoms with Crippen molar-refractivity contribution in [3.05, 3.63) is 41.2 Å². The van der Waals surface area contributed by atoms with Gasteiger partial charge in [0.1, 0.15) is 11.4 Å². The van der Waals surface area contributed by atoms with E-state index in [9.17, 15) is 0 Å². The number of nitrogens with zero attached hydrogens (tertiary/aromatic N) is 2. The van der Waals surface area contributed by atoms with Crippen LogP contribution in [0.3, 0.4) is 0 Å². The summed E-state index contributed by atoms with van der Waals surface area (Å²) in [6.45, 7) is 8.06. The monoisotopic (exact) mass is 259 g/mol. The van der Waals surface area contributed by atoms with E-state index in [1.54, 1.807) is 7.11 Å². The Balaban J connectivity index is 2.41. The summed E-state index contributed by atoms with van der Waals surface area (Å²) in [5.74, 6) is 0.840. The van der Waals surface area contributed by atoms with Gasteiger partial charge in [-0.25, -0.2) is 4.68 Å². The Morgan fingerprint density at radius 1 is 1.32 bits per heavy atom. The second-order valence-electron chi connectivity index (χ2n) is 4.62. The molecule has 0 spiro atoms. The van der Waals surface area contributed by atoms with Crippen LogP contribution >= 0.6 is 0 Å². The van der Waals surface area contributed by atoms with E-state index in [0.717, 1.165) is 30.2 Å². The van der Waals surface area contributed by atoms with Gasteiger partial charge in [-0.05, 0) is 38.1 Å². The second-order valence-corrected chi connectivity index (χ2v) is 4.62. The van der Waals surface area contributed by atoms with Gasteiger partial charge in [-0.3, -0.25) is 0 Å². The van der Waals surface area contributed by atoms with Crippen molar-refractivity contribution >= 4 is 0 Å². The first-order valence-electron chi connectivity index (χ1n) is 6.56. The fourth-order valence-corrected chi connectivity index (χ4v) is 2.09. The van der Waals surface area contributed by atoms with Crippen molar-refractivity contribution in [2.45, 2.75) is 27.3 Å². The van der Waals surface area contributed by atoms with Crippen LogP contribution in [0.5, 0.6) is 5.75 Å². The first-order valence-corrected chi connectivity index (χ1v) is 6.56. The van der Waals surface area contributed by atoms with Crippen LogP contribution in [-0.2, 0) is 6.54 Å². The average molecular weight is 259 g/mol. The molecule has 0 aliphatic carbocycles. The lowest BCUT2D eigenvalue weighted by Crippen LogP contribution is -2.12.